The predicted molar refractivity (Wildman–Crippen MR) is 110 cm³/mol. The lowest BCUT2D eigenvalue weighted by atomic mass is 10.1. The second-order valence-electron chi connectivity index (χ2n) is 6.35. The average molecular weight is 383 g/mol. The van der Waals surface area contributed by atoms with Gasteiger partial charge in [0.15, 0.2) is 11.6 Å². The van der Waals surface area contributed by atoms with Crippen molar-refractivity contribution in [3.05, 3.63) is 90.0 Å². The Kier molecular flexibility index (Phi) is 4.86. The van der Waals surface area contributed by atoms with Crippen molar-refractivity contribution in [2.24, 2.45) is 5.73 Å². The number of aromatic nitrogens is 3. The van der Waals surface area contributed by atoms with Gasteiger partial charge in [0, 0.05) is 27.9 Å². The van der Waals surface area contributed by atoms with E-state index in [0.29, 0.717) is 22.9 Å². The molecule has 0 aliphatic heterocycles. The molecule has 4 N–H and O–H groups in total. The second-order valence-corrected chi connectivity index (χ2v) is 6.35. The van der Waals surface area contributed by atoms with Crippen LogP contribution in [0.5, 0.6) is 0 Å². The van der Waals surface area contributed by atoms with Gasteiger partial charge in [0.2, 0.25) is 5.91 Å². The minimum atomic E-state index is -0.578. The van der Waals surface area contributed by atoms with Gasteiger partial charge in [-0.25, -0.2) is 4.98 Å². The van der Waals surface area contributed by atoms with Crippen LogP contribution in [0.25, 0.3) is 22.8 Å². The Labute approximate surface area is 166 Å². The quantitative estimate of drug-likeness (QED) is 0.489. The Balaban J connectivity index is 1.48. The normalized spacial score (nSPS) is 10.5. The Morgan fingerprint density at radius 3 is 2.28 bits per heavy atom. The van der Waals surface area contributed by atoms with Crippen molar-refractivity contribution in [1.29, 1.82) is 0 Å². The molecule has 4 aromatic rings. The van der Waals surface area contributed by atoms with Gasteiger partial charge in [-0.05, 0) is 42.5 Å². The number of H-pyrrole nitrogens is 1. The number of aromatic amines is 1. The number of anilines is 1. The number of nitrogens with one attached hydrogen (secondary N) is 2. The van der Waals surface area contributed by atoms with Crippen molar-refractivity contribution in [2.45, 2.75) is 0 Å². The molecule has 0 saturated heterocycles. The van der Waals surface area contributed by atoms with E-state index in [9.17, 15) is 9.59 Å². The first-order chi connectivity index (χ1) is 14.1. The number of benzene rings is 3. The lowest BCUT2D eigenvalue weighted by molar-refractivity contribution is 0.1000. The third-order valence-electron chi connectivity index (χ3n) is 4.34. The molecule has 7 nitrogen and oxygen atoms in total. The maximum absolute atomic E-state index is 12.4. The standard InChI is InChI=1S/C22H17N5O2/c23-19(28)16-7-4-8-17(13-16)22(29)24-18-11-9-15(10-12-18)21-25-20(26-27-21)14-5-2-1-3-6-14/h1-13H,(H2,23,28)(H,24,29)(H,25,26,27). The summed E-state index contributed by atoms with van der Waals surface area (Å²) in [5.41, 5.74) is 8.29. The number of amides is 2. The van der Waals surface area contributed by atoms with Gasteiger partial charge in [0.25, 0.3) is 5.91 Å². The van der Waals surface area contributed by atoms with Crippen LogP contribution in [-0.2, 0) is 0 Å². The Bertz CT molecular complexity index is 1170. The molecule has 0 atom stereocenters. The van der Waals surface area contributed by atoms with E-state index in [0.717, 1.165) is 11.1 Å². The van der Waals surface area contributed by atoms with Gasteiger partial charge in [-0.3, -0.25) is 14.7 Å². The summed E-state index contributed by atoms with van der Waals surface area (Å²) in [4.78, 5) is 28.2. The summed E-state index contributed by atoms with van der Waals surface area (Å²) in [7, 11) is 0. The molecular formula is C22H17N5O2. The van der Waals surface area contributed by atoms with Gasteiger partial charge < -0.3 is 11.1 Å². The molecule has 29 heavy (non-hydrogen) atoms. The number of nitrogens with two attached hydrogens (primary N) is 1. The van der Waals surface area contributed by atoms with Gasteiger partial charge >= 0.3 is 0 Å². The van der Waals surface area contributed by atoms with Crippen molar-refractivity contribution in [2.75, 3.05) is 5.32 Å². The molecule has 0 unspecified atom stereocenters. The number of carbonyl (C=O) groups is 2. The third kappa shape index (κ3) is 4.03. The summed E-state index contributed by atoms with van der Waals surface area (Å²) in [6.07, 6.45) is 0. The SMILES string of the molecule is NC(=O)c1cccc(C(=O)Nc2ccc(-c3nc(-c4ccccc4)n[nH]3)cc2)c1. The van der Waals surface area contributed by atoms with Crippen LogP contribution in [0.3, 0.4) is 0 Å². The molecule has 0 spiro atoms. The van der Waals surface area contributed by atoms with Gasteiger partial charge in [-0.15, -0.1) is 0 Å². The van der Waals surface area contributed by atoms with Crippen LogP contribution in [0, 0.1) is 0 Å². The largest absolute Gasteiger partial charge is 0.366 e. The first kappa shape index (κ1) is 18.1. The minimum Gasteiger partial charge on any atom is -0.366 e. The highest BCUT2D eigenvalue weighted by Gasteiger charge is 2.10. The van der Waals surface area contributed by atoms with E-state index in [1.165, 1.54) is 6.07 Å². The van der Waals surface area contributed by atoms with Gasteiger partial charge in [-0.1, -0.05) is 36.4 Å². The summed E-state index contributed by atoms with van der Waals surface area (Å²) in [5.74, 6) is 0.348. The fourth-order valence-corrected chi connectivity index (χ4v) is 2.84. The summed E-state index contributed by atoms with van der Waals surface area (Å²) < 4.78 is 0. The lowest BCUT2D eigenvalue weighted by Crippen LogP contribution is -2.15. The zero-order valence-corrected chi connectivity index (χ0v) is 15.3. The van der Waals surface area contributed by atoms with Crippen molar-refractivity contribution >= 4 is 17.5 Å². The van der Waals surface area contributed by atoms with Crippen LogP contribution in [0.1, 0.15) is 20.7 Å². The third-order valence-corrected chi connectivity index (χ3v) is 4.34. The smallest absolute Gasteiger partial charge is 0.255 e. The number of nitrogens with zero attached hydrogens (tertiary/aromatic N) is 2. The van der Waals surface area contributed by atoms with Crippen LogP contribution in [0.15, 0.2) is 78.9 Å². The molecule has 0 radical (unpaired) electrons. The second kappa shape index (κ2) is 7.77. The summed E-state index contributed by atoms with van der Waals surface area (Å²) in [6, 6.07) is 23.2. The molecule has 0 aliphatic carbocycles. The fraction of sp³-hybridized carbons (Fsp3) is 0. The minimum absolute atomic E-state index is 0.285. The van der Waals surface area contributed by atoms with E-state index in [4.69, 9.17) is 5.73 Å². The Hall–Kier alpha value is -4.26. The molecule has 0 bridgehead atoms. The molecule has 7 heteroatoms. The van der Waals surface area contributed by atoms with Crippen LogP contribution in [-0.4, -0.2) is 27.0 Å². The first-order valence-electron chi connectivity index (χ1n) is 8.89. The molecule has 0 saturated carbocycles. The van der Waals surface area contributed by atoms with E-state index in [1.54, 1.807) is 30.3 Å². The highest BCUT2D eigenvalue weighted by Crippen LogP contribution is 2.21. The molecule has 3 aromatic carbocycles. The van der Waals surface area contributed by atoms with Crippen LogP contribution >= 0.6 is 0 Å². The van der Waals surface area contributed by atoms with E-state index in [1.807, 2.05) is 42.5 Å². The molecule has 1 heterocycles. The maximum Gasteiger partial charge on any atom is 0.255 e. The van der Waals surface area contributed by atoms with Crippen molar-refractivity contribution in [1.82, 2.24) is 15.2 Å². The first-order valence-corrected chi connectivity index (χ1v) is 8.89. The average Bonchev–Trinajstić information content (AvgIpc) is 3.25. The zero-order valence-electron chi connectivity index (χ0n) is 15.3. The van der Waals surface area contributed by atoms with Gasteiger partial charge in [-0.2, -0.15) is 5.10 Å². The van der Waals surface area contributed by atoms with E-state index in [-0.39, 0.29) is 11.5 Å². The number of hydrogen-bond acceptors (Lipinski definition) is 4. The van der Waals surface area contributed by atoms with Crippen molar-refractivity contribution < 1.29 is 9.59 Å². The Morgan fingerprint density at radius 2 is 1.55 bits per heavy atom. The molecule has 0 aliphatic rings. The number of primary amides is 1. The summed E-state index contributed by atoms with van der Waals surface area (Å²) in [5, 5.41) is 9.98. The summed E-state index contributed by atoms with van der Waals surface area (Å²) >= 11 is 0. The Morgan fingerprint density at radius 1 is 0.828 bits per heavy atom. The lowest BCUT2D eigenvalue weighted by Gasteiger charge is -2.07. The number of carbonyl (C=O) groups excluding carboxylic acids is 2. The highest BCUT2D eigenvalue weighted by atomic mass is 16.2. The van der Waals surface area contributed by atoms with Crippen LogP contribution in [0.4, 0.5) is 5.69 Å². The molecule has 2 amide bonds. The fourth-order valence-electron chi connectivity index (χ4n) is 2.84. The molecular weight excluding hydrogens is 366 g/mol. The van der Waals surface area contributed by atoms with Gasteiger partial charge in [0.1, 0.15) is 0 Å². The molecule has 4 rings (SSSR count). The van der Waals surface area contributed by atoms with E-state index in [2.05, 4.69) is 20.5 Å². The van der Waals surface area contributed by atoms with Crippen LogP contribution < -0.4 is 11.1 Å². The molecule has 1 aromatic heterocycles. The number of rotatable bonds is 5. The zero-order chi connectivity index (χ0) is 20.2. The molecule has 142 valence electrons. The monoisotopic (exact) mass is 383 g/mol. The van der Waals surface area contributed by atoms with E-state index >= 15 is 0 Å². The maximum atomic E-state index is 12.4. The van der Waals surface area contributed by atoms with E-state index < -0.39 is 5.91 Å². The number of hydrogen-bond donors (Lipinski definition) is 3. The predicted octanol–water partition coefficient (Wildman–Crippen LogP) is 3.49. The van der Waals surface area contributed by atoms with Crippen molar-refractivity contribution in [3.8, 4) is 22.8 Å². The molecule has 0 fully saturated rings. The highest BCUT2D eigenvalue weighted by molar-refractivity contribution is 6.06. The summed E-state index contributed by atoms with van der Waals surface area (Å²) in [6.45, 7) is 0. The topological polar surface area (TPSA) is 114 Å². The van der Waals surface area contributed by atoms with Gasteiger partial charge in [0.05, 0.1) is 0 Å². The van der Waals surface area contributed by atoms with Crippen LogP contribution in [0.2, 0.25) is 0 Å². The van der Waals surface area contributed by atoms with Crippen molar-refractivity contribution in [3.63, 3.8) is 0 Å².